The van der Waals surface area contributed by atoms with Gasteiger partial charge in [0.05, 0.1) is 23.8 Å². The monoisotopic (exact) mass is 681 g/mol. The highest BCUT2D eigenvalue weighted by molar-refractivity contribution is 5.78. The Hall–Kier alpha value is -4.19. The third-order valence-electron chi connectivity index (χ3n) is 10.7. The number of nitrogens with one attached hydrogen (secondary N) is 1. The van der Waals surface area contributed by atoms with Crippen LogP contribution in [0.2, 0.25) is 0 Å². The lowest BCUT2D eigenvalue weighted by atomic mass is 9.91. The number of fused-ring (bicyclic) bond motifs is 1. The zero-order valence-electron chi connectivity index (χ0n) is 29.0. The van der Waals surface area contributed by atoms with Crippen molar-refractivity contribution in [3.63, 3.8) is 0 Å². The number of pyridine rings is 1. The molecule has 0 atom stereocenters. The third-order valence-corrected chi connectivity index (χ3v) is 10.7. The molecule has 0 bridgehead atoms. The Morgan fingerprint density at radius 3 is 2.38 bits per heavy atom. The predicted molar refractivity (Wildman–Crippen MR) is 194 cm³/mol. The Morgan fingerprint density at radius 1 is 0.840 bits per heavy atom. The average Bonchev–Trinajstić information content (AvgIpc) is 3.33. The van der Waals surface area contributed by atoms with E-state index in [0.29, 0.717) is 37.9 Å². The highest BCUT2D eigenvalue weighted by Crippen LogP contribution is 2.28. The van der Waals surface area contributed by atoms with Crippen molar-refractivity contribution >= 4 is 16.9 Å². The van der Waals surface area contributed by atoms with Crippen LogP contribution < -0.4 is 16.6 Å². The number of carbonyl (C=O) groups excluding carboxylic acids is 1. The molecule has 7 rings (SSSR count). The summed E-state index contributed by atoms with van der Waals surface area (Å²) >= 11 is 0. The second-order valence-corrected chi connectivity index (χ2v) is 14.4. The minimum Gasteiger partial charge on any atom is -0.352 e. The summed E-state index contributed by atoms with van der Waals surface area (Å²) in [6.07, 6.45) is 8.11. The van der Waals surface area contributed by atoms with Gasteiger partial charge < -0.3 is 10.2 Å². The van der Waals surface area contributed by atoms with Crippen molar-refractivity contribution in [2.75, 3.05) is 52.9 Å². The lowest BCUT2D eigenvalue weighted by Crippen LogP contribution is -2.47. The molecule has 3 fully saturated rings. The minimum atomic E-state index is -0.632. The van der Waals surface area contributed by atoms with Gasteiger partial charge in [0.2, 0.25) is 5.91 Å². The number of benzene rings is 2. The molecule has 264 valence electrons. The fraction of sp³-hybridized carbons (Fsp3) is 0.487. The largest absolute Gasteiger partial charge is 0.352 e. The molecule has 1 amide bonds. The van der Waals surface area contributed by atoms with Crippen LogP contribution in [-0.4, -0.2) is 93.6 Å². The van der Waals surface area contributed by atoms with E-state index in [1.807, 2.05) is 24.3 Å². The highest BCUT2D eigenvalue weighted by Gasteiger charge is 2.28. The van der Waals surface area contributed by atoms with Gasteiger partial charge in [0, 0.05) is 31.7 Å². The first-order valence-electron chi connectivity index (χ1n) is 18.3. The number of likely N-dealkylation sites (tertiary alicyclic amines) is 1. The van der Waals surface area contributed by atoms with E-state index in [0.717, 1.165) is 76.0 Å². The minimum absolute atomic E-state index is 0.00448. The van der Waals surface area contributed by atoms with Crippen LogP contribution in [0.15, 0.2) is 70.4 Å². The van der Waals surface area contributed by atoms with Crippen LogP contribution in [0.25, 0.3) is 27.8 Å². The Kier molecular flexibility index (Phi) is 10.5. The van der Waals surface area contributed by atoms with Gasteiger partial charge in [-0.1, -0.05) is 42.8 Å². The summed E-state index contributed by atoms with van der Waals surface area (Å²) in [6.45, 7) is 7.59. The summed E-state index contributed by atoms with van der Waals surface area (Å²) in [7, 11) is 2.18. The number of hydrogen-bond acceptors (Lipinski definition) is 7. The van der Waals surface area contributed by atoms with Crippen LogP contribution in [0.5, 0.6) is 0 Å². The van der Waals surface area contributed by atoms with Gasteiger partial charge in [0.25, 0.3) is 5.56 Å². The van der Waals surface area contributed by atoms with Crippen molar-refractivity contribution in [2.45, 2.75) is 70.0 Å². The number of hydrogen-bond donors (Lipinski definition) is 1. The first-order valence-corrected chi connectivity index (χ1v) is 18.3. The lowest BCUT2D eigenvalue weighted by molar-refractivity contribution is -0.123. The third kappa shape index (κ3) is 7.75. The van der Waals surface area contributed by atoms with Crippen LogP contribution in [0.3, 0.4) is 0 Å². The fourth-order valence-electron chi connectivity index (χ4n) is 7.95. The number of likely N-dealkylation sites (N-methyl/N-ethyl adjacent to an activating group) is 1. The molecule has 2 aromatic carbocycles. The van der Waals surface area contributed by atoms with E-state index in [1.165, 1.54) is 33.6 Å². The zero-order valence-corrected chi connectivity index (χ0v) is 29.0. The maximum Gasteiger partial charge on any atom is 0.337 e. The van der Waals surface area contributed by atoms with Crippen molar-refractivity contribution in [3.05, 3.63) is 93.0 Å². The maximum atomic E-state index is 14.5. The second kappa shape index (κ2) is 15.4. The molecule has 0 radical (unpaired) electrons. The van der Waals surface area contributed by atoms with Crippen molar-refractivity contribution in [2.24, 2.45) is 0 Å². The zero-order chi connectivity index (χ0) is 34.6. The molecule has 10 nitrogen and oxygen atoms in total. The van der Waals surface area contributed by atoms with Gasteiger partial charge in [-0.25, -0.2) is 18.7 Å². The number of nitrogens with zero attached hydrogens (tertiary/aromatic N) is 6. The molecule has 50 heavy (non-hydrogen) atoms. The van der Waals surface area contributed by atoms with Crippen LogP contribution in [0.1, 0.15) is 63.0 Å². The number of piperidine rings is 1. The standard InChI is InChI=1S/C39H48FN7O3/c1-43-17-6-20-45(22-21-43)26-28-9-11-29(12-10-28)30-7-5-8-34(23-30)46-37-35(24-31(40)25-41-37)38(49)47(39(46)50)33-15-13-32(14-16-33)42-36(48)27-44-18-3-2-4-19-44/h5,7-12,23-25,32-33H,2-4,6,13-22,26-27H2,1H3,(H,42,48). The number of rotatable bonds is 8. The molecule has 1 aliphatic carbocycles. The number of amides is 1. The first-order chi connectivity index (χ1) is 24.3. The Labute approximate surface area is 292 Å². The summed E-state index contributed by atoms with van der Waals surface area (Å²) in [5, 5.41) is 3.24. The molecule has 4 heterocycles. The average molecular weight is 682 g/mol. The van der Waals surface area contributed by atoms with Gasteiger partial charge >= 0.3 is 5.69 Å². The van der Waals surface area contributed by atoms with Crippen LogP contribution >= 0.6 is 0 Å². The molecule has 1 N–H and O–H groups in total. The van der Waals surface area contributed by atoms with Gasteiger partial charge in [0.1, 0.15) is 5.82 Å². The smallest absolute Gasteiger partial charge is 0.337 e. The van der Waals surface area contributed by atoms with Gasteiger partial charge in [0.15, 0.2) is 5.65 Å². The summed E-state index contributed by atoms with van der Waals surface area (Å²) in [6, 6.07) is 17.0. The molecule has 0 spiro atoms. The van der Waals surface area contributed by atoms with Gasteiger partial charge in [-0.15, -0.1) is 0 Å². The van der Waals surface area contributed by atoms with E-state index in [-0.39, 0.29) is 29.0 Å². The molecule has 2 aliphatic heterocycles. The van der Waals surface area contributed by atoms with Gasteiger partial charge in [-0.2, -0.15) is 0 Å². The van der Waals surface area contributed by atoms with E-state index in [9.17, 15) is 18.8 Å². The van der Waals surface area contributed by atoms with Crippen LogP contribution in [0, 0.1) is 5.82 Å². The Morgan fingerprint density at radius 2 is 1.60 bits per heavy atom. The van der Waals surface area contributed by atoms with Crippen molar-refractivity contribution in [1.29, 1.82) is 0 Å². The lowest BCUT2D eigenvalue weighted by Gasteiger charge is -2.31. The molecular weight excluding hydrogens is 633 g/mol. The number of carbonyl (C=O) groups is 1. The molecule has 11 heteroatoms. The van der Waals surface area contributed by atoms with Gasteiger partial charge in [-0.3, -0.25) is 24.0 Å². The topological polar surface area (TPSA) is 95.7 Å². The summed E-state index contributed by atoms with van der Waals surface area (Å²) in [5.74, 6) is -0.602. The van der Waals surface area contributed by atoms with E-state index in [4.69, 9.17) is 0 Å². The van der Waals surface area contributed by atoms with E-state index < -0.39 is 17.1 Å². The summed E-state index contributed by atoms with van der Waals surface area (Å²) in [4.78, 5) is 52.2. The van der Waals surface area contributed by atoms with Crippen molar-refractivity contribution in [3.8, 4) is 16.8 Å². The van der Waals surface area contributed by atoms with E-state index in [2.05, 4.69) is 56.3 Å². The first kappa shape index (κ1) is 34.3. The van der Waals surface area contributed by atoms with E-state index in [1.54, 1.807) is 0 Å². The predicted octanol–water partition coefficient (Wildman–Crippen LogP) is 4.58. The number of aromatic nitrogens is 3. The van der Waals surface area contributed by atoms with E-state index >= 15 is 0 Å². The Balaban J connectivity index is 1.12. The molecule has 2 saturated heterocycles. The normalized spacial score (nSPS) is 21.2. The molecule has 1 saturated carbocycles. The summed E-state index contributed by atoms with van der Waals surface area (Å²) in [5.41, 5.74) is 2.85. The quantitative estimate of drug-likeness (QED) is 0.291. The Bertz CT molecular complexity index is 1930. The van der Waals surface area contributed by atoms with Crippen molar-refractivity contribution in [1.82, 2.24) is 34.1 Å². The molecule has 3 aliphatic rings. The molecular formula is C39H48FN7O3. The number of halogens is 1. The second-order valence-electron chi connectivity index (χ2n) is 14.4. The van der Waals surface area contributed by atoms with Crippen LogP contribution in [-0.2, 0) is 11.3 Å². The van der Waals surface area contributed by atoms with Crippen LogP contribution in [0.4, 0.5) is 4.39 Å². The van der Waals surface area contributed by atoms with Crippen molar-refractivity contribution < 1.29 is 9.18 Å². The SMILES string of the molecule is CN1CCCN(Cc2ccc(-c3cccc(-n4c(=O)n(C5CCC(NC(=O)CN6CCCCC6)CC5)c(=O)c5cc(F)cnc54)c3)cc2)CC1. The molecule has 0 unspecified atom stereocenters. The fourth-order valence-corrected chi connectivity index (χ4v) is 7.95. The maximum absolute atomic E-state index is 14.5. The highest BCUT2D eigenvalue weighted by atomic mass is 19.1. The molecule has 2 aromatic heterocycles. The summed E-state index contributed by atoms with van der Waals surface area (Å²) < 4.78 is 17.3. The molecule has 4 aromatic rings. The van der Waals surface area contributed by atoms with Gasteiger partial charge in [-0.05, 0) is 113 Å².